The van der Waals surface area contributed by atoms with E-state index in [1.165, 1.54) is 24.3 Å². The summed E-state index contributed by atoms with van der Waals surface area (Å²) in [6.45, 7) is 1.75. The first-order valence-electron chi connectivity index (χ1n) is 7.93. The Morgan fingerprint density at radius 1 is 1.18 bits per heavy atom. The van der Waals surface area contributed by atoms with Crippen molar-refractivity contribution in [3.8, 4) is 0 Å². The number of rotatable bonds is 5. The largest absolute Gasteiger partial charge is 0.464 e. The molecule has 0 saturated carbocycles. The van der Waals surface area contributed by atoms with Crippen LogP contribution in [0.3, 0.4) is 0 Å². The van der Waals surface area contributed by atoms with Gasteiger partial charge in [0.05, 0.1) is 7.11 Å². The second kappa shape index (κ2) is 6.87. The zero-order valence-corrected chi connectivity index (χ0v) is 16.7. The van der Waals surface area contributed by atoms with E-state index in [0.29, 0.717) is 4.90 Å². The SMILES string of the molecule is COC(=O)C1=C(OS(=O)(=O)c2ccc(C)cc2)CS(=O)(=O)C2[C@@H](OC)C(=O)N12. The minimum absolute atomic E-state index is 0.237. The van der Waals surface area contributed by atoms with E-state index < -0.39 is 60.5 Å². The summed E-state index contributed by atoms with van der Waals surface area (Å²) in [5.41, 5.74) is 0.226. The molecular formula is C16H17NO9S2. The Morgan fingerprint density at radius 3 is 2.32 bits per heavy atom. The quantitative estimate of drug-likeness (QED) is 0.350. The number of benzene rings is 1. The van der Waals surface area contributed by atoms with Crippen LogP contribution in [-0.4, -0.2) is 65.1 Å². The Balaban J connectivity index is 2.09. The molecule has 1 amide bonds. The van der Waals surface area contributed by atoms with Crippen LogP contribution in [0.4, 0.5) is 0 Å². The molecule has 12 heteroatoms. The van der Waals surface area contributed by atoms with E-state index in [0.717, 1.165) is 19.8 Å². The molecule has 2 atom stereocenters. The normalized spacial score (nSPS) is 23.7. The fourth-order valence-corrected chi connectivity index (χ4v) is 5.88. The Labute approximate surface area is 161 Å². The topological polar surface area (TPSA) is 133 Å². The van der Waals surface area contributed by atoms with Crippen molar-refractivity contribution < 1.29 is 40.1 Å². The molecule has 2 aliphatic heterocycles. The number of fused-ring (bicyclic) bond motifs is 1. The Kier molecular flexibility index (Phi) is 4.98. The number of carbonyl (C=O) groups excluding carboxylic acids is 2. The van der Waals surface area contributed by atoms with Crippen molar-refractivity contribution in [2.24, 2.45) is 0 Å². The van der Waals surface area contributed by atoms with Gasteiger partial charge in [0.25, 0.3) is 5.91 Å². The first kappa shape index (κ1) is 20.3. The van der Waals surface area contributed by atoms with Crippen LogP contribution in [0.1, 0.15) is 5.56 Å². The van der Waals surface area contributed by atoms with E-state index in [-0.39, 0.29) is 4.90 Å². The van der Waals surface area contributed by atoms with E-state index in [4.69, 9.17) is 8.92 Å². The number of hydrogen-bond acceptors (Lipinski definition) is 9. The Hall–Kier alpha value is -2.44. The van der Waals surface area contributed by atoms with Crippen molar-refractivity contribution >= 4 is 31.8 Å². The summed E-state index contributed by atoms with van der Waals surface area (Å²) in [5.74, 6) is -3.52. The molecule has 1 aromatic carbocycles. The van der Waals surface area contributed by atoms with E-state index in [1.807, 2.05) is 0 Å². The van der Waals surface area contributed by atoms with Crippen LogP contribution >= 0.6 is 0 Å². The monoisotopic (exact) mass is 431 g/mol. The molecule has 1 unspecified atom stereocenters. The molecule has 1 saturated heterocycles. The van der Waals surface area contributed by atoms with Gasteiger partial charge < -0.3 is 13.7 Å². The number of amides is 1. The highest BCUT2D eigenvalue weighted by Gasteiger charge is 2.61. The van der Waals surface area contributed by atoms with Gasteiger partial charge in [0.2, 0.25) is 0 Å². The van der Waals surface area contributed by atoms with Crippen LogP contribution in [0.25, 0.3) is 0 Å². The minimum Gasteiger partial charge on any atom is -0.464 e. The summed E-state index contributed by atoms with van der Waals surface area (Å²) < 4.78 is 64.7. The lowest BCUT2D eigenvalue weighted by atomic mass is 10.1. The summed E-state index contributed by atoms with van der Waals surface area (Å²) in [7, 11) is -6.36. The first-order chi connectivity index (χ1) is 13.0. The number of β-lactam (4-membered cyclic amide) rings is 1. The van der Waals surface area contributed by atoms with Gasteiger partial charge in [-0.3, -0.25) is 9.69 Å². The van der Waals surface area contributed by atoms with Gasteiger partial charge in [-0.1, -0.05) is 17.7 Å². The van der Waals surface area contributed by atoms with Gasteiger partial charge in [-0.25, -0.2) is 13.2 Å². The van der Waals surface area contributed by atoms with Gasteiger partial charge >= 0.3 is 16.1 Å². The number of hydrogen-bond donors (Lipinski definition) is 0. The minimum atomic E-state index is -4.45. The molecule has 0 aliphatic carbocycles. The zero-order valence-electron chi connectivity index (χ0n) is 15.1. The lowest BCUT2D eigenvalue weighted by Gasteiger charge is -2.47. The van der Waals surface area contributed by atoms with Crippen LogP contribution in [0.2, 0.25) is 0 Å². The summed E-state index contributed by atoms with van der Waals surface area (Å²) in [5, 5.41) is -1.45. The fourth-order valence-electron chi connectivity index (χ4n) is 2.97. The molecule has 0 aromatic heterocycles. The number of nitrogens with zero attached hydrogens (tertiary/aromatic N) is 1. The lowest BCUT2D eigenvalue weighted by molar-refractivity contribution is -0.163. The molecule has 1 aromatic rings. The van der Waals surface area contributed by atoms with E-state index in [2.05, 4.69) is 4.74 Å². The van der Waals surface area contributed by atoms with Crippen molar-refractivity contribution in [1.82, 2.24) is 4.90 Å². The van der Waals surface area contributed by atoms with Crippen LogP contribution in [-0.2, 0) is 43.2 Å². The van der Waals surface area contributed by atoms with Crippen LogP contribution < -0.4 is 0 Å². The average molecular weight is 431 g/mol. The number of carbonyl (C=O) groups is 2. The van der Waals surface area contributed by atoms with Crippen molar-refractivity contribution in [2.75, 3.05) is 20.0 Å². The number of esters is 1. The molecule has 1 fully saturated rings. The molecule has 28 heavy (non-hydrogen) atoms. The van der Waals surface area contributed by atoms with Crippen molar-refractivity contribution in [1.29, 1.82) is 0 Å². The van der Waals surface area contributed by atoms with Crippen molar-refractivity contribution in [2.45, 2.75) is 23.3 Å². The average Bonchev–Trinajstić information content (AvgIpc) is 2.61. The molecule has 3 rings (SSSR count). The standard InChI is InChI=1S/C16H17NO9S2/c1-9-4-6-10(7-5-9)28(22,23)26-11-8-27(20,21)15-13(24-2)14(18)17(15)12(11)16(19)25-3/h4-7,13,15H,8H2,1-3H3/t13-,15?/m0/s1. The zero-order chi connectivity index (χ0) is 20.9. The van der Waals surface area contributed by atoms with E-state index in [1.54, 1.807) is 6.92 Å². The summed E-state index contributed by atoms with van der Waals surface area (Å²) >= 11 is 0. The van der Waals surface area contributed by atoms with Gasteiger partial charge in [0.15, 0.2) is 32.8 Å². The summed E-state index contributed by atoms with van der Waals surface area (Å²) in [6.07, 6.45) is -1.29. The molecule has 0 spiro atoms. The van der Waals surface area contributed by atoms with Gasteiger partial charge in [0, 0.05) is 7.11 Å². The maximum Gasteiger partial charge on any atom is 0.358 e. The maximum absolute atomic E-state index is 12.6. The number of methoxy groups -OCH3 is 2. The predicted molar refractivity (Wildman–Crippen MR) is 93.7 cm³/mol. The van der Waals surface area contributed by atoms with Gasteiger partial charge in [0.1, 0.15) is 10.6 Å². The molecule has 2 aliphatic rings. The first-order valence-corrected chi connectivity index (χ1v) is 11.1. The van der Waals surface area contributed by atoms with E-state index in [9.17, 15) is 26.4 Å². The third-order valence-corrected chi connectivity index (χ3v) is 7.48. The second-order valence-electron chi connectivity index (χ2n) is 6.18. The third-order valence-electron chi connectivity index (χ3n) is 4.35. The molecule has 2 heterocycles. The van der Waals surface area contributed by atoms with Gasteiger partial charge in [-0.2, -0.15) is 8.42 Å². The number of aryl methyl sites for hydroxylation is 1. The highest BCUT2D eigenvalue weighted by Crippen LogP contribution is 2.39. The Bertz CT molecular complexity index is 1070. The van der Waals surface area contributed by atoms with Crippen LogP contribution in [0.5, 0.6) is 0 Å². The van der Waals surface area contributed by atoms with E-state index >= 15 is 0 Å². The molecule has 0 bridgehead atoms. The second-order valence-corrected chi connectivity index (χ2v) is 9.82. The molecule has 152 valence electrons. The van der Waals surface area contributed by atoms with Gasteiger partial charge in [-0.05, 0) is 19.1 Å². The van der Waals surface area contributed by atoms with Gasteiger partial charge in [-0.15, -0.1) is 0 Å². The molecule has 10 nitrogen and oxygen atoms in total. The Morgan fingerprint density at radius 2 is 1.79 bits per heavy atom. The van der Waals surface area contributed by atoms with Crippen molar-refractivity contribution in [3.63, 3.8) is 0 Å². The predicted octanol–water partition coefficient (Wildman–Crippen LogP) is -0.303. The maximum atomic E-state index is 12.6. The molecular weight excluding hydrogens is 414 g/mol. The lowest BCUT2D eigenvalue weighted by Crippen LogP contribution is -2.70. The smallest absolute Gasteiger partial charge is 0.358 e. The van der Waals surface area contributed by atoms with Crippen LogP contribution in [0.15, 0.2) is 40.6 Å². The molecule has 0 radical (unpaired) electrons. The summed E-state index contributed by atoms with van der Waals surface area (Å²) in [6, 6.07) is 5.61. The number of ether oxygens (including phenoxy) is 2. The van der Waals surface area contributed by atoms with Crippen molar-refractivity contribution in [3.05, 3.63) is 41.3 Å². The molecule has 0 N–H and O–H groups in total. The summed E-state index contributed by atoms with van der Waals surface area (Å²) in [4.78, 5) is 24.9. The third kappa shape index (κ3) is 3.16. The van der Waals surface area contributed by atoms with Crippen LogP contribution in [0, 0.1) is 6.92 Å². The number of sulfone groups is 1. The highest BCUT2D eigenvalue weighted by molar-refractivity contribution is 7.92. The fraction of sp³-hybridized carbons (Fsp3) is 0.375. The highest BCUT2D eigenvalue weighted by atomic mass is 32.2.